The maximum Gasteiger partial charge on any atom is 0.292 e. The fourth-order valence-electron chi connectivity index (χ4n) is 1.84. The predicted molar refractivity (Wildman–Crippen MR) is 68.7 cm³/mol. The number of nitro benzene ring substituents is 1. The van der Waals surface area contributed by atoms with Crippen molar-refractivity contribution in [3.63, 3.8) is 0 Å². The van der Waals surface area contributed by atoms with Crippen LogP contribution in [0.2, 0.25) is 0 Å². The van der Waals surface area contributed by atoms with E-state index >= 15 is 0 Å². The molecule has 0 spiro atoms. The number of rotatable bonds is 4. The first-order valence-corrected chi connectivity index (χ1v) is 5.57. The van der Waals surface area contributed by atoms with Gasteiger partial charge in [0.2, 0.25) is 0 Å². The highest BCUT2D eigenvalue weighted by molar-refractivity contribution is 5.62. The minimum absolute atomic E-state index is 0.0112. The van der Waals surface area contributed by atoms with Gasteiger partial charge in [0, 0.05) is 25.5 Å². The number of hydrogen-bond acceptors (Lipinski definition) is 4. The summed E-state index contributed by atoms with van der Waals surface area (Å²) >= 11 is 0. The van der Waals surface area contributed by atoms with Gasteiger partial charge in [0.05, 0.1) is 17.3 Å². The third-order valence-electron chi connectivity index (χ3n) is 2.94. The molecule has 0 fully saturated rings. The summed E-state index contributed by atoms with van der Waals surface area (Å²) in [6.45, 7) is 1.97. The minimum atomic E-state index is -0.379. The average molecular weight is 246 g/mol. The summed E-state index contributed by atoms with van der Waals surface area (Å²) in [5.41, 5.74) is 1.47. The van der Waals surface area contributed by atoms with Crippen LogP contribution in [-0.4, -0.2) is 21.5 Å². The van der Waals surface area contributed by atoms with E-state index in [1.807, 2.05) is 23.8 Å². The molecule has 1 aromatic heterocycles. The number of hydrogen-bond donors (Lipinski definition) is 1. The summed E-state index contributed by atoms with van der Waals surface area (Å²) in [5.74, 6) is 0. The highest BCUT2D eigenvalue weighted by atomic mass is 16.6. The number of nitrogens with one attached hydrogen (secondary N) is 1. The van der Waals surface area contributed by atoms with Gasteiger partial charge in [-0.1, -0.05) is 6.07 Å². The highest BCUT2D eigenvalue weighted by Gasteiger charge is 2.16. The second-order valence-corrected chi connectivity index (χ2v) is 3.97. The largest absolute Gasteiger partial charge is 0.383 e. The summed E-state index contributed by atoms with van der Waals surface area (Å²) in [6.07, 6.45) is 5.22. The Kier molecular flexibility index (Phi) is 3.27. The normalized spacial score (nSPS) is 12.1. The van der Waals surface area contributed by atoms with E-state index in [1.54, 1.807) is 31.7 Å². The van der Waals surface area contributed by atoms with Crippen LogP contribution in [0.1, 0.15) is 18.5 Å². The van der Waals surface area contributed by atoms with Gasteiger partial charge >= 0.3 is 0 Å². The summed E-state index contributed by atoms with van der Waals surface area (Å²) in [4.78, 5) is 14.6. The predicted octanol–water partition coefficient (Wildman–Crippen LogP) is 2.44. The molecule has 0 radical (unpaired) electrons. The third kappa shape index (κ3) is 2.17. The van der Waals surface area contributed by atoms with Crippen LogP contribution >= 0.6 is 0 Å². The minimum Gasteiger partial charge on any atom is -0.383 e. The van der Waals surface area contributed by atoms with Crippen LogP contribution in [0, 0.1) is 10.1 Å². The average Bonchev–Trinajstić information content (AvgIpc) is 2.90. The number of nitro groups is 1. The summed E-state index contributed by atoms with van der Waals surface area (Å²) in [7, 11) is 1.67. The van der Waals surface area contributed by atoms with E-state index in [-0.39, 0.29) is 16.7 Å². The summed E-state index contributed by atoms with van der Waals surface area (Å²) in [6, 6.07) is 5.21. The van der Waals surface area contributed by atoms with Crippen molar-refractivity contribution in [1.29, 1.82) is 0 Å². The smallest absolute Gasteiger partial charge is 0.292 e. The van der Waals surface area contributed by atoms with E-state index in [9.17, 15) is 10.1 Å². The topological polar surface area (TPSA) is 73.0 Å². The Morgan fingerprint density at radius 3 is 2.83 bits per heavy atom. The van der Waals surface area contributed by atoms with Crippen molar-refractivity contribution < 1.29 is 4.92 Å². The first-order chi connectivity index (χ1) is 8.63. The number of benzene rings is 1. The Morgan fingerprint density at radius 2 is 2.28 bits per heavy atom. The van der Waals surface area contributed by atoms with Crippen molar-refractivity contribution in [2.75, 3.05) is 12.4 Å². The molecule has 0 bridgehead atoms. The first-order valence-electron chi connectivity index (χ1n) is 5.57. The van der Waals surface area contributed by atoms with Gasteiger partial charge in [-0.05, 0) is 18.6 Å². The van der Waals surface area contributed by atoms with E-state index in [2.05, 4.69) is 10.3 Å². The second kappa shape index (κ2) is 4.87. The van der Waals surface area contributed by atoms with E-state index in [1.165, 1.54) is 0 Å². The monoisotopic (exact) mass is 246 g/mol. The fourth-order valence-corrected chi connectivity index (χ4v) is 1.84. The maximum absolute atomic E-state index is 11.0. The van der Waals surface area contributed by atoms with E-state index < -0.39 is 0 Å². The molecular weight excluding hydrogens is 232 g/mol. The zero-order valence-corrected chi connectivity index (χ0v) is 10.2. The van der Waals surface area contributed by atoms with Crippen LogP contribution in [-0.2, 0) is 0 Å². The molecule has 1 N–H and O–H groups in total. The second-order valence-electron chi connectivity index (χ2n) is 3.97. The lowest BCUT2D eigenvalue weighted by Crippen LogP contribution is -2.06. The molecule has 1 aromatic carbocycles. The quantitative estimate of drug-likeness (QED) is 0.664. The molecule has 0 saturated heterocycles. The van der Waals surface area contributed by atoms with Gasteiger partial charge in [0.15, 0.2) is 0 Å². The first kappa shape index (κ1) is 12.1. The van der Waals surface area contributed by atoms with Gasteiger partial charge in [-0.15, -0.1) is 0 Å². The number of aromatic nitrogens is 2. The molecule has 0 amide bonds. The molecule has 0 aliphatic rings. The van der Waals surface area contributed by atoms with Gasteiger partial charge in [0.25, 0.3) is 5.69 Å². The molecule has 94 valence electrons. The molecule has 0 aliphatic heterocycles. The van der Waals surface area contributed by atoms with Gasteiger partial charge in [-0.2, -0.15) is 0 Å². The molecule has 1 heterocycles. The van der Waals surface area contributed by atoms with Crippen LogP contribution < -0.4 is 5.32 Å². The lowest BCUT2D eigenvalue weighted by Gasteiger charge is -2.14. The number of nitrogens with zero attached hydrogens (tertiary/aromatic N) is 3. The van der Waals surface area contributed by atoms with Crippen LogP contribution in [0.25, 0.3) is 0 Å². The van der Waals surface area contributed by atoms with Crippen molar-refractivity contribution in [2.45, 2.75) is 13.0 Å². The Morgan fingerprint density at radius 1 is 1.50 bits per heavy atom. The molecular formula is C12H14N4O2. The standard InChI is InChI=1S/C12H14N4O2/c1-9(15-6-5-14-8-15)10-3-4-11(13-2)12(7-10)16(17)18/h3-9,13H,1-2H3. The Bertz CT molecular complexity index is 551. The third-order valence-corrected chi connectivity index (χ3v) is 2.94. The number of anilines is 1. The lowest BCUT2D eigenvalue weighted by atomic mass is 10.1. The van der Waals surface area contributed by atoms with Crippen LogP contribution in [0.4, 0.5) is 11.4 Å². The molecule has 0 saturated carbocycles. The van der Waals surface area contributed by atoms with Crippen molar-refractivity contribution in [3.05, 3.63) is 52.6 Å². The van der Waals surface area contributed by atoms with Gasteiger partial charge in [-0.25, -0.2) is 4.98 Å². The molecule has 2 rings (SSSR count). The van der Waals surface area contributed by atoms with Crippen molar-refractivity contribution in [3.8, 4) is 0 Å². The molecule has 6 heteroatoms. The summed E-state index contributed by atoms with van der Waals surface area (Å²) in [5, 5.41) is 13.8. The summed E-state index contributed by atoms with van der Waals surface area (Å²) < 4.78 is 1.90. The Balaban J connectivity index is 2.41. The highest BCUT2D eigenvalue weighted by Crippen LogP contribution is 2.28. The van der Waals surface area contributed by atoms with Crippen molar-refractivity contribution >= 4 is 11.4 Å². The molecule has 0 aliphatic carbocycles. The molecule has 2 aromatic rings. The van der Waals surface area contributed by atoms with E-state index in [4.69, 9.17) is 0 Å². The Labute approximate surface area is 104 Å². The molecule has 1 unspecified atom stereocenters. The lowest BCUT2D eigenvalue weighted by molar-refractivity contribution is -0.384. The fraction of sp³-hybridized carbons (Fsp3) is 0.250. The maximum atomic E-state index is 11.0. The van der Waals surface area contributed by atoms with E-state index in [0.29, 0.717) is 5.69 Å². The molecule has 18 heavy (non-hydrogen) atoms. The molecule has 1 atom stereocenters. The number of imidazole rings is 1. The zero-order valence-electron chi connectivity index (χ0n) is 10.2. The molecule has 6 nitrogen and oxygen atoms in total. The van der Waals surface area contributed by atoms with Crippen molar-refractivity contribution in [2.24, 2.45) is 0 Å². The van der Waals surface area contributed by atoms with Crippen LogP contribution in [0.15, 0.2) is 36.9 Å². The Hall–Kier alpha value is -2.37. The van der Waals surface area contributed by atoms with Gasteiger partial charge in [0.1, 0.15) is 5.69 Å². The van der Waals surface area contributed by atoms with Crippen LogP contribution in [0.3, 0.4) is 0 Å². The van der Waals surface area contributed by atoms with Gasteiger partial charge in [-0.3, -0.25) is 10.1 Å². The van der Waals surface area contributed by atoms with Crippen LogP contribution in [0.5, 0.6) is 0 Å². The van der Waals surface area contributed by atoms with E-state index in [0.717, 1.165) is 5.56 Å². The van der Waals surface area contributed by atoms with Gasteiger partial charge < -0.3 is 9.88 Å². The van der Waals surface area contributed by atoms with Crippen molar-refractivity contribution in [1.82, 2.24) is 9.55 Å². The SMILES string of the molecule is CNc1ccc(C(C)n2ccnc2)cc1[N+](=O)[O-]. The zero-order chi connectivity index (χ0) is 13.1.